The SMILES string of the molecule is Cc1c(CC(=O)OC2CCC2)c2cc(O)ccc2n1C(=O)c1ccc(Br)cc1. The molecule has 0 atom stereocenters. The van der Waals surface area contributed by atoms with Crippen LogP contribution in [0, 0.1) is 6.92 Å². The lowest BCUT2D eigenvalue weighted by Gasteiger charge is -2.25. The lowest BCUT2D eigenvalue weighted by atomic mass is 9.96. The predicted octanol–water partition coefficient (Wildman–Crippen LogP) is 4.74. The summed E-state index contributed by atoms with van der Waals surface area (Å²) in [6.07, 6.45) is 3.00. The lowest BCUT2D eigenvalue weighted by Crippen LogP contribution is -2.26. The number of aromatic nitrogens is 1. The van der Waals surface area contributed by atoms with Crippen molar-refractivity contribution in [3.8, 4) is 5.75 Å². The quantitative estimate of drug-likeness (QED) is 0.593. The van der Waals surface area contributed by atoms with E-state index in [4.69, 9.17) is 4.74 Å². The highest BCUT2D eigenvalue weighted by Gasteiger charge is 2.25. The van der Waals surface area contributed by atoms with Crippen molar-refractivity contribution in [2.75, 3.05) is 0 Å². The monoisotopic (exact) mass is 441 g/mol. The zero-order valence-electron chi connectivity index (χ0n) is 15.4. The van der Waals surface area contributed by atoms with Crippen molar-refractivity contribution in [2.45, 2.75) is 38.7 Å². The fourth-order valence-corrected chi connectivity index (χ4v) is 3.80. The molecule has 0 aliphatic heterocycles. The van der Waals surface area contributed by atoms with Gasteiger partial charge < -0.3 is 9.84 Å². The number of halogens is 1. The van der Waals surface area contributed by atoms with Crippen LogP contribution in [0.1, 0.15) is 40.9 Å². The van der Waals surface area contributed by atoms with Crippen LogP contribution < -0.4 is 0 Å². The molecule has 1 heterocycles. The van der Waals surface area contributed by atoms with Gasteiger partial charge in [-0.2, -0.15) is 0 Å². The minimum atomic E-state index is -0.300. The number of esters is 1. The van der Waals surface area contributed by atoms with Crippen LogP contribution in [0.3, 0.4) is 0 Å². The van der Waals surface area contributed by atoms with Gasteiger partial charge in [0.15, 0.2) is 0 Å². The van der Waals surface area contributed by atoms with Crippen molar-refractivity contribution in [1.29, 1.82) is 0 Å². The molecule has 1 aromatic heterocycles. The van der Waals surface area contributed by atoms with E-state index >= 15 is 0 Å². The summed E-state index contributed by atoms with van der Waals surface area (Å²) in [7, 11) is 0. The molecule has 0 radical (unpaired) electrons. The summed E-state index contributed by atoms with van der Waals surface area (Å²) in [6, 6.07) is 12.0. The van der Waals surface area contributed by atoms with Crippen molar-refractivity contribution >= 4 is 38.7 Å². The molecule has 1 fully saturated rings. The number of carbonyl (C=O) groups is 2. The zero-order chi connectivity index (χ0) is 19.8. The molecule has 1 aliphatic carbocycles. The molecule has 5 nitrogen and oxygen atoms in total. The lowest BCUT2D eigenvalue weighted by molar-refractivity contribution is -0.152. The number of ether oxygens (including phenoxy) is 1. The van der Waals surface area contributed by atoms with Gasteiger partial charge in [0.1, 0.15) is 11.9 Å². The third-order valence-corrected chi connectivity index (χ3v) is 5.81. The van der Waals surface area contributed by atoms with E-state index in [0.29, 0.717) is 27.7 Å². The minimum absolute atomic E-state index is 0.0129. The van der Waals surface area contributed by atoms with Crippen LogP contribution in [0.5, 0.6) is 5.75 Å². The molecule has 3 aromatic rings. The Kier molecular flexibility index (Phi) is 4.98. The summed E-state index contributed by atoms with van der Waals surface area (Å²) in [5.41, 5.74) is 2.59. The molecule has 1 N–H and O–H groups in total. The standard InChI is InChI=1S/C22H20BrNO4/c1-13-18(12-21(26)28-17-3-2-4-17)19-11-16(25)9-10-20(19)24(13)22(27)14-5-7-15(23)8-6-14/h5-11,17,25H,2-4,12H2,1H3. The van der Waals surface area contributed by atoms with E-state index in [-0.39, 0.29) is 30.2 Å². The number of aromatic hydroxyl groups is 1. The van der Waals surface area contributed by atoms with E-state index in [1.807, 2.05) is 19.1 Å². The normalized spacial score (nSPS) is 14.1. The maximum Gasteiger partial charge on any atom is 0.310 e. The van der Waals surface area contributed by atoms with Crippen molar-refractivity contribution in [3.63, 3.8) is 0 Å². The molecular formula is C22H20BrNO4. The van der Waals surface area contributed by atoms with Gasteiger partial charge in [0.2, 0.25) is 0 Å². The van der Waals surface area contributed by atoms with Gasteiger partial charge in [0, 0.05) is 21.1 Å². The first-order valence-corrected chi connectivity index (χ1v) is 10.1. The Balaban J connectivity index is 1.76. The third-order valence-electron chi connectivity index (χ3n) is 5.28. The number of hydrogen-bond acceptors (Lipinski definition) is 4. The molecule has 6 heteroatoms. The molecule has 28 heavy (non-hydrogen) atoms. The van der Waals surface area contributed by atoms with E-state index < -0.39 is 0 Å². The molecule has 1 saturated carbocycles. The minimum Gasteiger partial charge on any atom is -0.508 e. The first kappa shape index (κ1) is 18.7. The highest BCUT2D eigenvalue weighted by Crippen LogP contribution is 2.31. The number of rotatable bonds is 4. The van der Waals surface area contributed by atoms with Gasteiger partial charge in [-0.15, -0.1) is 0 Å². The van der Waals surface area contributed by atoms with Crippen LogP contribution in [-0.4, -0.2) is 27.7 Å². The molecule has 0 saturated heterocycles. The van der Waals surface area contributed by atoms with Crippen LogP contribution in [0.25, 0.3) is 10.9 Å². The molecule has 0 spiro atoms. The second-order valence-electron chi connectivity index (χ2n) is 7.13. The molecule has 0 unspecified atom stereocenters. The third kappa shape index (κ3) is 3.44. The van der Waals surface area contributed by atoms with E-state index in [2.05, 4.69) is 15.9 Å². The Morgan fingerprint density at radius 2 is 1.89 bits per heavy atom. The number of phenols is 1. The molecule has 2 aromatic carbocycles. The number of benzene rings is 2. The van der Waals surface area contributed by atoms with E-state index in [1.54, 1.807) is 34.9 Å². The Morgan fingerprint density at radius 1 is 1.18 bits per heavy atom. The van der Waals surface area contributed by atoms with Gasteiger partial charge in [-0.1, -0.05) is 15.9 Å². The van der Waals surface area contributed by atoms with Gasteiger partial charge in [-0.05, 0) is 74.2 Å². The van der Waals surface area contributed by atoms with Crippen molar-refractivity contribution in [3.05, 3.63) is 63.8 Å². The number of nitrogens with zero attached hydrogens (tertiary/aromatic N) is 1. The topological polar surface area (TPSA) is 68.5 Å². The predicted molar refractivity (Wildman–Crippen MR) is 110 cm³/mol. The van der Waals surface area contributed by atoms with Gasteiger partial charge in [-0.3, -0.25) is 14.2 Å². The molecule has 144 valence electrons. The molecule has 0 amide bonds. The van der Waals surface area contributed by atoms with E-state index in [9.17, 15) is 14.7 Å². The average Bonchev–Trinajstić information content (AvgIpc) is 2.90. The largest absolute Gasteiger partial charge is 0.508 e. The summed E-state index contributed by atoms with van der Waals surface area (Å²) in [4.78, 5) is 25.6. The van der Waals surface area contributed by atoms with Gasteiger partial charge in [0.05, 0.1) is 11.9 Å². The van der Waals surface area contributed by atoms with Crippen molar-refractivity contribution < 1.29 is 19.4 Å². The number of hydrogen-bond donors (Lipinski definition) is 1. The molecular weight excluding hydrogens is 422 g/mol. The van der Waals surface area contributed by atoms with Crippen molar-refractivity contribution in [1.82, 2.24) is 4.57 Å². The summed E-state index contributed by atoms with van der Waals surface area (Å²) >= 11 is 3.38. The zero-order valence-corrected chi connectivity index (χ0v) is 17.0. The maximum absolute atomic E-state index is 13.2. The molecule has 0 bridgehead atoms. The fraction of sp³-hybridized carbons (Fsp3) is 0.273. The molecule has 1 aliphatic rings. The fourth-order valence-electron chi connectivity index (χ4n) is 3.54. The van der Waals surface area contributed by atoms with Gasteiger partial charge >= 0.3 is 5.97 Å². The number of phenolic OH excluding ortho intramolecular Hbond substituents is 1. The van der Waals surface area contributed by atoms with Gasteiger partial charge in [0.25, 0.3) is 5.91 Å². The highest BCUT2D eigenvalue weighted by molar-refractivity contribution is 9.10. The van der Waals surface area contributed by atoms with Crippen LogP contribution in [0.15, 0.2) is 46.9 Å². The van der Waals surface area contributed by atoms with Crippen LogP contribution in [-0.2, 0) is 16.0 Å². The van der Waals surface area contributed by atoms with E-state index in [1.165, 1.54) is 0 Å². The second-order valence-corrected chi connectivity index (χ2v) is 8.05. The van der Waals surface area contributed by atoms with Crippen LogP contribution in [0.4, 0.5) is 0 Å². The summed E-state index contributed by atoms with van der Waals surface area (Å²) in [6.45, 7) is 1.82. The number of carbonyl (C=O) groups excluding carboxylic acids is 2. The van der Waals surface area contributed by atoms with Crippen LogP contribution in [0.2, 0.25) is 0 Å². The number of fused-ring (bicyclic) bond motifs is 1. The summed E-state index contributed by atoms with van der Waals surface area (Å²) in [5.74, 6) is -0.389. The Bertz CT molecular complexity index is 1060. The Hall–Kier alpha value is -2.60. The maximum atomic E-state index is 13.2. The summed E-state index contributed by atoms with van der Waals surface area (Å²) in [5, 5.41) is 10.6. The average molecular weight is 442 g/mol. The highest BCUT2D eigenvalue weighted by atomic mass is 79.9. The Morgan fingerprint density at radius 3 is 2.54 bits per heavy atom. The van der Waals surface area contributed by atoms with Gasteiger partial charge in [-0.25, -0.2) is 0 Å². The second kappa shape index (κ2) is 7.43. The smallest absolute Gasteiger partial charge is 0.310 e. The van der Waals surface area contributed by atoms with Crippen LogP contribution >= 0.6 is 15.9 Å². The van der Waals surface area contributed by atoms with E-state index in [0.717, 1.165) is 23.7 Å². The molecule has 4 rings (SSSR count). The Labute approximate surface area is 171 Å². The first-order valence-electron chi connectivity index (χ1n) is 9.26. The first-order chi connectivity index (χ1) is 13.4. The summed E-state index contributed by atoms with van der Waals surface area (Å²) < 4.78 is 7.98. The van der Waals surface area contributed by atoms with Crippen molar-refractivity contribution in [2.24, 2.45) is 0 Å².